The summed E-state index contributed by atoms with van der Waals surface area (Å²) in [4.78, 5) is 17.5. The Hall–Kier alpha value is -3.52. The van der Waals surface area contributed by atoms with Gasteiger partial charge in [0, 0.05) is 37.4 Å². The molecule has 3 aromatic carbocycles. The summed E-state index contributed by atoms with van der Waals surface area (Å²) >= 11 is 0. The Labute approximate surface area is 220 Å². The van der Waals surface area contributed by atoms with Crippen LogP contribution in [0.3, 0.4) is 0 Å². The van der Waals surface area contributed by atoms with Crippen LogP contribution in [0.25, 0.3) is 0 Å². The van der Waals surface area contributed by atoms with E-state index in [1.807, 2.05) is 43.3 Å². The lowest BCUT2D eigenvalue weighted by molar-refractivity contribution is 0.0745. The number of para-hydroxylation sites is 2. The van der Waals surface area contributed by atoms with E-state index in [2.05, 4.69) is 16.5 Å². The van der Waals surface area contributed by atoms with Crippen LogP contribution in [-0.2, 0) is 16.4 Å². The van der Waals surface area contributed by atoms with Gasteiger partial charge in [-0.15, -0.1) is 0 Å². The number of nitrogens with zero attached hydrogens (tertiary/aromatic N) is 2. The Kier molecular flexibility index (Phi) is 8.38. The topological polar surface area (TPSA) is 79.0 Å². The third-order valence-electron chi connectivity index (χ3n) is 6.77. The van der Waals surface area contributed by atoms with Crippen LogP contribution < -0.4 is 14.4 Å². The number of unbranched alkanes of at least 4 members (excludes halogenated alkanes) is 1. The van der Waals surface area contributed by atoms with Gasteiger partial charge in [0.2, 0.25) is 0 Å². The number of piperazine rings is 1. The fourth-order valence-corrected chi connectivity index (χ4v) is 5.63. The summed E-state index contributed by atoms with van der Waals surface area (Å²) < 4.78 is 34.4. The molecule has 37 heavy (non-hydrogen) atoms. The number of benzene rings is 3. The molecule has 1 fully saturated rings. The molecule has 0 aromatic heterocycles. The minimum absolute atomic E-state index is 0.0733. The number of sulfonamides is 1. The first-order chi connectivity index (χ1) is 17.8. The summed E-state index contributed by atoms with van der Waals surface area (Å²) in [7, 11) is -2.19. The van der Waals surface area contributed by atoms with Crippen molar-refractivity contribution in [3.8, 4) is 5.75 Å². The van der Waals surface area contributed by atoms with Crippen molar-refractivity contribution in [2.45, 2.75) is 38.0 Å². The smallest absolute Gasteiger partial charge is 0.261 e. The lowest BCUT2D eigenvalue weighted by Gasteiger charge is -2.36. The first-order valence-electron chi connectivity index (χ1n) is 12.7. The quantitative estimate of drug-likeness (QED) is 0.423. The monoisotopic (exact) mass is 521 g/mol. The van der Waals surface area contributed by atoms with Gasteiger partial charge in [0.15, 0.2) is 0 Å². The average molecular weight is 522 g/mol. The van der Waals surface area contributed by atoms with Crippen LogP contribution in [0.5, 0.6) is 5.75 Å². The molecule has 0 unspecified atom stereocenters. The third-order valence-corrected chi connectivity index (χ3v) is 8.15. The highest BCUT2D eigenvalue weighted by Crippen LogP contribution is 2.29. The van der Waals surface area contributed by atoms with Crippen LogP contribution in [0.4, 0.5) is 11.4 Å². The Morgan fingerprint density at radius 1 is 0.973 bits per heavy atom. The molecule has 1 aliphatic heterocycles. The molecule has 0 saturated carbocycles. The molecule has 196 valence electrons. The fourth-order valence-electron chi connectivity index (χ4n) is 4.54. The van der Waals surface area contributed by atoms with E-state index in [0.29, 0.717) is 37.4 Å². The number of methoxy groups -OCH3 is 1. The predicted octanol–water partition coefficient (Wildman–Crippen LogP) is 5.11. The number of carbonyl (C=O) groups is 1. The molecule has 1 saturated heterocycles. The summed E-state index contributed by atoms with van der Waals surface area (Å²) in [6, 6.07) is 20.0. The van der Waals surface area contributed by atoms with E-state index in [9.17, 15) is 13.2 Å². The number of ether oxygens (including phenoxy) is 1. The molecule has 8 heteroatoms. The summed E-state index contributed by atoms with van der Waals surface area (Å²) in [6.07, 6.45) is 3.18. The maximum Gasteiger partial charge on any atom is 0.261 e. The number of aryl methyl sites for hydroxylation is 2. The molecule has 0 atom stereocenters. The number of hydrogen-bond donors (Lipinski definition) is 1. The fraction of sp³-hybridized carbons (Fsp3) is 0.345. The average Bonchev–Trinajstić information content (AvgIpc) is 2.92. The highest BCUT2D eigenvalue weighted by molar-refractivity contribution is 7.92. The van der Waals surface area contributed by atoms with Crippen molar-refractivity contribution in [2.75, 3.05) is 42.9 Å². The van der Waals surface area contributed by atoms with Gasteiger partial charge in [-0.25, -0.2) is 8.42 Å². The predicted molar refractivity (Wildman–Crippen MR) is 148 cm³/mol. The molecule has 7 nitrogen and oxygen atoms in total. The molecule has 1 N–H and O–H groups in total. The van der Waals surface area contributed by atoms with E-state index < -0.39 is 10.0 Å². The van der Waals surface area contributed by atoms with E-state index in [4.69, 9.17) is 4.74 Å². The van der Waals surface area contributed by atoms with Crippen molar-refractivity contribution in [1.29, 1.82) is 0 Å². The van der Waals surface area contributed by atoms with Gasteiger partial charge in [-0.2, -0.15) is 0 Å². The lowest BCUT2D eigenvalue weighted by Crippen LogP contribution is -2.49. The molecule has 1 heterocycles. The maximum absolute atomic E-state index is 13.4. The molecule has 4 rings (SSSR count). The second-order valence-corrected chi connectivity index (χ2v) is 11.0. The van der Waals surface area contributed by atoms with Gasteiger partial charge in [0.1, 0.15) is 5.75 Å². The van der Waals surface area contributed by atoms with Gasteiger partial charge < -0.3 is 14.5 Å². The lowest BCUT2D eigenvalue weighted by atomic mass is 10.1. The van der Waals surface area contributed by atoms with Gasteiger partial charge in [-0.05, 0) is 67.3 Å². The SMILES string of the molecule is CCCCc1ccc(NS(=O)(=O)c2ccc(C)c(C(=O)N3CCN(c4ccccc4OC)CC3)c2)cc1. The summed E-state index contributed by atoms with van der Waals surface area (Å²) in [6.45, 7) is 6.38. The van der Waals surface area contributed by atoms with E-state index in [0.717, 1.165) is 36.3 Å². The highest BCUT2D eigenvalue weighted by Gasteiger charge is 2.26. The Balaban J connectivity index is 1.46. The summed E-state index contributed by atoms with van der Waals surface area (Å²) in [5, 5.41) is 0. The highest BCUT2D eigenvalue weighted by atomic mass is 32.2. The van der Waals surface area contributed by atoms with Crippen LogP contribution in [0, 0.1) is 6.92 Å². The van der Waals surface area contributed by atoms with Crippen LogP contribution in [0.2, 0.25) is 0 Å². The third kappa shape index (κ3) is 6.25. The molecule has 1 amide bonds. The maximum atomic E-state index is 13.4. The van der Waals surface area contributed by atoms with E-state index >= 15 is 0 Å². The van der Waals surface area contributed by atoms with Crippen molar-refractivity contribution in [3.05, 3.63) is 83.4 Å². The first-order valence-corrected chi connectivity index (χ1v) is 14.2. The minimum atomic E-state index is -3.84. The van der Waals surface area contributed by atoms with Crippen molar-refractivity contribution in [3.63, 3.8) is 0 Å². The summed E-state index contributed by atoms with van der Waals surface area (Å²) in [5.74, 6) is 0.647. The van der Waals surface area contributed by atoms with Crippen LogP contribution >= 0.6 is 0 Å². The molecule has 0 aliphatic carbocycles. The molecule has 1 aliphatic rings. The number of nitrogens with one attached hydrogen (secondary N) is 1. The standard InChI is InChI=1S/C29H35N3O4S/c1-4-5-8-23-12-14-24(15-13-23)30-37(34,35)25-16-11-22(2)26(21-25)29(33)32-19-17-31(18-20-32)27-9-6-7-10-28(27)36-3/h6-7,9-16,21,30H,4-5,8,17-20H2,1-3H3. The van der Waals surface area contributed by atoms with Crippen LogP contribution in [-0.4, -0.2) is 52.5 Å². The van der Waals surface area contributed by atoms with Gasteiger partial charge >= 0.3 is 0 Å². The van der Waals surface area contributed by atoms with Crippen LogP contribution in [0.1, 0.15) is 41.3 Å². The number of rotatable bonds is 9. The second kappa shape index (κ2) is 11.7. The molecular formula is C29H35N3O4S. The minimum Gasteiger partial charge on any atom is -0.495 e. The molecule has 0 bridgehead atoms. The van der Waals surface area contributed by atoms with Gasteiger partial charge in [0.25, 0.3) is 15.9 Å². The second-order valence-electron chi connectivity index (χ2n) is 9.33. The molecule has 0 radical (unpaired) electrons. The number of anilines is 2. The van der Waals surface area contributed by atoms with E-state index in [-0.39, 0.29) is 10.8 Å². The zero-order valence-corrected chi connectivity index (χ0v) is 22.6. The van der Waals surface area contributed by atoms with Crippen molar-refractivity contribution >= 4 is 27.3 Å². The van der Waals surface area contributed by atoms with Gasteiger partial charge in [-0.1, -0.05) is 43.7 Å². The number of carbonyl (C=O) groups excluding carboxylic acids is 1. The van der Waals surface area contributed by atoms with Crippen LogP contribution in [0.15, 0.2) is 71.6 Å². The largest absolute Gasteiger partial charge is 0.495 e. The Bertz CT molecular complexity index is 1330. The van der Waals surface area contributed by atoms with E-state index in [1.165, 1.54) is 11.6 Å². The molecule has 3 aromatic rings. The Morgan fingerprint density at radius 3 is 2.35 bits per heavy atom. The van der Waals surface area contributed by atoms with Gasteiger partial charge in [0.05, 0.1) is 17.7 Å². The van der Waals surface area contributed by atoms with Gasteiger partial charge in [-0.3, -0.25) is 9.52 Å². The molecule has 0 spiro atoms. The van der Waals surface area contributed by atoms with Crippen molar-refractivity contribution in [2.24, 2.45) is 0 Å². The molecular weight excluding hydrogens is 486 g/mol. The van der Waals surface area contributed by atoms with E-state index in [1.54, 1.807) is 36.3 Å². The van der Waals surface area contributed by atoms with Crippen molar-refractivity contribution < 1.29 is 17.9 Å². The number of amides is 1. The van der Waals surface area contributed by atoms with Crippen molar-refractivity contribution in [1.82, 2.24) is 4.90 Å². The Morgan fingerprint density at radius 2 is 1.68 bits per heavy atom. The zero-order valence-electron chi connectivity index (χ0n) is 21.7. The normalized spacial score (nSPS) is 13.9. The zero-order chi connectivity index (χ0) is 26.4. The first kappa shape index (κ1) is 26.5. The number of hydrogen-bond acceptors (Lipinski definition) is 5. The summed E-state index contributed by atoms with van der Waals surface area (Å²) in [5.41, 5.74) is 3.84.